The first-order chi connectivity index (χ1) is 45.6. The summed E-state index contributed by atoms with van der Waals surface area (Å²) in [5, 5.41) is 10.6. The van der Waals surface area contributed by atoms with E-state index in [0.717, 1.165) is 114 Å². The summed E-state index contributed by atoms with van der Waals surface area (Å²) in [6.07, 6.45) is 50.0. The first-order valence-electron chi connectivity index (χ1n) is 39.2. The molecule has 0 heterocycles. The van der Waals surface area contributed by atoms with Crippen molar-refractivity contribution >= 4 is 39.5 Å². The predicted octanol–water partition coefficient (Wildman–Crippen LogP) is 22.0. The lowest BCUT2D eigenvalue weighted by Crippen LogP contribution is -2.30. The van der Waals surface area contributed by atoms with Crippen LogP contribution in [0.15, 0.2) is 0 Å². The van der Waals surface area contributed by atoms with Crippen molar-refractivity contribution in [1.82, 2.24) is 0 Å². The number of carbonyl (C=O) groups excluding carboxylic acids is 4. The second-order valence-corrected chi connectivity index (χ2v) is 32.0. The molecule has 0 aliphatic rings. The molecule has 0 radical (unpaired) electrons. The summed E-state index contributed by atoms with van der Waals surface area (Å²) in [7, 11) is -9.91. The molecule has 0 aliphatic heterocycles. The van der Waals surface area contributed by atoms with E-state index in [1.807, 2.05) is 0 Å². The third kappa shape index (κ3) is 69.0. The van der Waals surface area contributed by atoms with E-state index in [2.05, 4.69) is 55.4 Å². The summed E-state index contributed by atoms with van der Waals surface area (Å²) in [6.45, 7) is 14.2. The molecule has 0 aromatic heterocycles. The number of ether oxygens (including phenoxy) is 4. The van der Waals surface area contributed by atoms with E-state index < -0.39 is 97.5 Å². The van der Waals surface area contributed by atoms with Crippen LogP contribution in [0.5, 0.6) is 0 Å². The summed E-state index contributed by atoms with van der Waals surface area (Å²) >= 11 is 0. The van der Waals surface area contributed by atoms with Crippen molar-refractivity contribution in [3.05, 3.63) is 0 Å². The van der Waals surface area contributed by atoms with Crippen LogP contribution in [-0.2, 0) is 65.4 Å². The molecule has 3 N–H and O–H groups in total. The van der Waals surface area contributed by atoms with E-state index in [-0.39, 0.29) is 25.7 Å². The SMILES string of the molecule is CCC(C)CCCCCCCCCCCCCCCCC(=O)OC[C@H](COP(=O)(O)OCC(O)COP(=O)(O)OC[C@@H](COC(=O)CCCCCCCCCC(C)C)OC(=O)CCCCCCCCCCCCCCCC(C)C)OC(=O)CCCCCCCCCCC(C)C. The Kier molecular flexibility index (Phi) is 64.0. The molecule has 95 heavy (non-hydrogen) atoms. The highest BCUT2D eigenvalue weighted by atomic mass is 31.2. The molecular formula is C76H148O17P2. The number of phosphoric ester groups is 2. The van der Waals surface area contributed by atoms with E-state index in [1.54, 1.807) is 0 Å². The molecule has 19 heteroatoms. The molecule has 0 aromatic carbocycles. The van der Waals surface area contributed by atoms with Crippen molar-refractivity contribution in [3.63, 3.8) is 0 Å². The molecule has 0 fully saturated rings. The van der Waals surface area contributed by atoms with Gasteiger partial charge in [0.15, 0.2) is 12.2 Å². The van der Waals surface area contributed by atoms with Crippen molar-refractivity contribution in [2.75, 3.05) is 39.6 Å². The molecule has 0 bridgehead atoms. The van der Waals surface area contributed by atoms with Gasteiger partial charge in [-0.1, -0.05) is 331 Å². The van der Waals surface area contributed by atoms with Crippen LogP contribution in [0.1, 0.15) is 383 Å². The van der Waals surface area contributed by atoms with Crippen molar-refractivity contribution in [2.45, 2.75) is 401 Å². The predicted molar refractivity (Wildman–Crippen MR) is 386 cm³/mol. The highest BCUT2D eigenvalue weighted by molar-refractivity contribution is 7.47. The zero-order chi connectivity index (χ0) is 70.3. The number of carbonyl (C=O) groups is 4. The Morgan fingerprint density at radius 1 is 0.295 bits per heavy atom. The Morgan fingerprint density at radius 3 is 0.747 bits per heavy atom. The highest BCUT2D eigenvalue weighted by Crippen LogP contribution is 2.45. The fraction of sp³-hybridized carbons (Fsp3) is 0.947. The summed E-state index contributed by atoms with van der Waals surface area (Å²) in [4.78, 5) is 72.8. The van der Waals surface area contributed by atoms with Crippen LogP contribution >= 0.6 is 15.6 Å². The maximum absolute atomic E-state index is 13.1. The van der Waals surface area contributed by atoms with Crippen LogP contribution in [0, 0.1) is 23.7 Å². The number of hydrogen-bond acceptors (Lipinski definition) is 15. The van der Waals surface area contributed by atoms with Crippen LogP contribution in [0.25, 0.3) is 0 Å². The average molecular weight is 1400 g/mol. The van der Waals surface area contributed by atoms with Gasteiger partial charge in [-0.15, -0.1) is 0 Å². The van der Waals surface area contributed by atoms with Gasteiger partial charge >= 0.3 is 39.5 Å². The zero-order valence-corrected chi connectivity index (χ0v) is 64.1. The van der Waals surface area contributed by atoms with Crippen LogP contribution in [0.4, 0.5) is 0 Å². The summed E-state index contributed by atoms with van der Waals surface area (Å²) in [5.41, 5.74) is 0. The highest BCUT2D eigenvalue weighted by Gasteiger charge is 2.30. The fourth-order valence-electron chi connectivity index (χ4n) is 11.5. The molecule has 564 valence electrons. The molecule has 0 aromatic rings. The standard InChI is InChI=1S/C76H148O17P2/c1-9-69(8)55-47-39-31-22-18-14-10-11-15-19-23-32-40-48-56-73(78)86-62-71(93-76(81)59-51-43-34-26-25-29-37-45-53-67(4)5)64-90-94(82,83)88-60-70(77)61-89-95(84,85)91-65-72(63-87-74(79)57-49-41-35-27-30-38-46-54-68(6)7)92-75(80)58-50-42-33-24-20-16-12-13-17-21-28-36-44-52-66(2)3/h66-72,77H,9-65H2,1-8H3,(H,82,83)(H,84,85)/t69?,70?,71-,72-/m1/s1. The second-order valence-electron chi connectivity index (χ2n) is 29.1. The number of aliphatic hydroxyl groups is 1. The van der Waals surface area contributed by atoms with E-state index in [0.29, 0.717) is 31.6 Å². The molecule has 4 unspecified atom stereocenters. The maximum atomic E-state index is 13.1. The molecule has 0 saturated carbocycles. The second kappa shape index (κ2) is 65.4. The summed E-state index contributed by atoms with van der Waals surface area (Å²) < 4.78 is 68.5. The van der Waals surface area contributed by atoms with Gasteiger partial charge in [-0.05, 0) is 49.4 Å². The minimum atomic E-state index is -4.96. The topological polar surface area (TPSA) is 237 Å². The van der Waals surface area contributed by atoms with Gasteiger partial charge < -0.3 is 33.8 Å². The maximum Gasteiger partial charge on any atom is 0.472 e. The van der Waals surface area contributed by atoms with Crippen molar-refractivity contribution < 1.29 is 80.2 Å². The number of unbranched alkanes of at least 4 members (excludes halogenated alkanes) is 38. The number of hydrogen-bond donors (Lipinski definition) is 3. The van der Waals surface area contributed by atoms with Gasteiger partial charge in [-0.2, -0.15) is 0 Å². The Balaban J connectivity index is 5.21. The van der Waals surface area contributed by atoms with Crippen molar-refractivity contribution in [3.8, 4) is 0 Å². The average Bonchev–Trinajstić information content (AvgIpc) is 1.50. The van der Waals surface area contributed by atoms with Gasteiger partial charge in [0.25, 0.3) is 0 Å². The lowest BCUT2D eigenvalue weighted by atomic mass is 9.99. The largest absolute Gasteiger partial charge is 0.472 e. The quantitative estimate of drug-likeness (QED) is 0.0222. The van der Waals surface area contributed by atoms with Crippen molar-refractivity contribution in [2.24, 2.45) is 23.7 Å². The van der Waals surface area contributed by atoms with Gasteiger partial charge in [0.05, 0.1) is 26.4 Å². The number of rotatable bonds is 73. The molecule has 0 saturated heterocycles. The number of aliphatic hydroxyl groups excluding tert-OH is 1. The van der Waals surface area contributed by atoms with Crippen LogP contribution in [-0.4, -0.2) is 96.7 Å². The molecule has 6 atom stereocenters. The normalized spacial score (nSPS) is 14.4. The Morgan fingerprint density at radius 2 is 0.505 bits per heavy atom. The third-order valence-corrected chi connectivity index (χ3v) is 19.8. The van der Waals surface area contributed by atoms with E-state index in [1.165, 1.54) is 180 Å². The van der Waals surface area contributed by atoms with E-state index in [9.17, 15) is 43.2 Å². The Hall–Kier alpha value is -1.94. The molecule has 0 spiro atoms. The minimum Gasteiger partial charge on any atom is -0.462 e. The molecule has 17 nitrogen and oxygen atoms in total. The lowest BCUT2D eigenvalue weighted by Gasteiger charge is -2.21. The van der Waals surface area contributed by atoms with E-state index in [4.69, 9.17) is 37.0 Å². The number of esters is 4. The fourth-order valence-corrected chi connectivity index (χ4v) is 13.1. The smallest absolute Gasteiger partial charge is 0.462 e. The monoisotopic (exact) mass is 1400 g/mol. The third-order valence-electron chi connectivity index (χ3n) is 17.9. The van der Waals surface area contributed by atoms with Crippen LogP contribution < -0.4 is 0 Å². The summed E-state index contributed by atoms with van der Waals surface area (Å²) in [5.74, 6) is 0.937. The summed E-state index contributed by atoms with van der Waals surface area (Å²) in [6, 6.07) is 0. The van der Waals surface area contributed by atoms with Gasteiger partial charge in [-0.25, -0.2) is 9.13 Å². The first-order valence-corrected chi connectivity index (χ1v) is 42.2. The lowest BCUT2D eigenvalue weighted by molar-refractivity contribution is -0.161. The van der Waals surface area contributed by atoms with Gasteiger partial charge in [0.2, 0.25) is 0 Å². The molecule has 0 aliphatic carbocycles. The molecule has 0 amide bonds. The number of phosphoric acid groups is 2. The molecular weight excluding hydrogens is 1250 g/mol. The Labute approximate surface area is 581 Å². The minimum absolute atomic E-state index is 0.104. The van der Waals surface area contributed by atoms with Gasteiger partial charge in [0.1, 0.15) is 19.3 Å². The van der Waals surface area contributed by atoms with Crippen LogP contribution in [0.3, 0.4) is 0 Å². The van der Waals surface area contributed by atoms with Gasteiger partial charge in [0, 0.05) is 25.7 Å². The zero-order valence-electron chi connectivity index (χ0n) is 62.3. The Bertz CT molecular complexity index is 1870. The van der Waals surface area contributed by atoms with E-state index >= 15 is 0 Å². The molecule has 0 rings (SSSR count). The first kappa shape index (κ1) is 93.1. The van der Waals surface area contributed by atoms with Crippen LogP contribution in [0.2, 0.25) is 0 Å². The van der Waals surface area contributed by atoms with Gasteiger partial charge in [-0.3, -0.25) is 37.3 Å². The van der Waals surface area contributed by atoms with Crippen molar-refractivity contribution in [1.29, 1.82) is 0 Å².